The summed E-state index contributed by atoms with van der Waals surface area (Å²) < 4.78 is 53.5. The van der Waals surface area contributed by atoms with E-state index in [-0.39, 0.29) is 37.5 Å². The number of ether oxygens (including phenoxy) is 5. The van der Waals surface area contributed by atoms with Gasteiger partial charge in [0, 0.05) is 48.0 Å². The van der Waals surface area contributed by atoms with E-state index in [4.69, 9.17) is 28.2 Å². The molecule has 0 amide bonds. The van der Waals surface area contributed by atoms with Crippen molar-refractivity contribution in [3.05, 3.63) is 36.2 Å². The molecule has 0 spiro atoms. The highest BCUT2D eigenvalue weighted by Crippen LogP contribution is 2.53. The molecule has 6 rings (SSSR count). The molecule has 2 aromatic heterocycles. The Hall–Kier alpha value is -4.11. The van der Waals surface area contributed by atoms with Crippen LogP contribution in [0.3, 0.4) is 0 Å². The van der Waals surface area contributed by atoms with Crippen LogP contribution < -0.4 is 5.32 Å². The van der Waals surface area contributed by atoms with Gasteiger partial charge in [0.15, 0.2) is 29.1 Å². The number of alkyl halides is 1. The summed E-state index contributed by atoms with van der Waals surface area (Å²) >= 11 is 0. The second-order valence-electron chi connectivity index (χ2n) is 17.6. The largest absolute Gasteiger partial charge is 0.455 e. The number of nitrogens with zero attached hydrogens (tertiary/aromatic N) is 3. The number of aliphatic hydroxyl groups is 1. The summed E-state index contributed by atoms with van der Waals surface area (Å²) in [6, 6.07) is 5.65. The number of likely N-dealkylation sites (N-methyl/N-ethyl adjacent to an activating group) is 1. The van der Waals surface area contributed by atoms with Crippen LogP contribution in [0.25, 0.3) is 11.5 Å². The van der Waals surface area contributed by atoms with Crippen molar-refractivity contribution in [2.24, 2.45) is 23.2 Å². The zero-order chi connectivity index (χ0) is 43.2. The van der Waals surface area contributed by atoms with Gasteiger partial charge < -0.3 is 43.5 Å². The van der Waals surface area contributed by atoms with Gasteiger partial charge in [-0.1, -0.05) is 44.8 Å². The fraction of sp³-hybridized carbons (Fsp3) is 0.674. The van der Waals surface area contributed by atoms with Crippen LogP contribution in [0.4, 0.5) is 4.39 Å². The van der Waals surface area contributed by atoms with Gasteiger partial charge in [-0.3, -0.25) is 19.4 Å². The maximum absolute atomic E-state index is 17.0. The number of esters is 2. The van der Waals surface area contributed by atoms with Crippen molar-refractivity contribution in [3.8, 4) is 23.3 Å². The standard InChI is InChI=1S/C43H57FN4O11/c1-11-30-43(8)33-31(37(52)58-43)46-22-40(33,5)34(50)23(2)21-41(6,54-18-14-15-26-20-29(59-47-26)27-16-12-13-17-45-27)36(25(4)35(51)42(7,44)39(53)56-30)57-38-32(49)28(48(9)10)19-24(3)55-38/h12-13,16-17,20,23-25,28,30-33,36,38,46,49H,11,18-19,21-22H2,1-10H3/t23-,24-,25+,28+,30+,31?,32-,33?,36-,38+,40?,41+,42+,43-/m1/s1. The first-order valence-electron chi connectivity index (χ1n) is 20.3. The highest BCUT2D eigenvalue weighted by atomic mass is 19.1. The van der Waals surface area contributed by atoms with Crippen molar-refractivity contribution in [2.75, 3.05) is 27.2 Å². The number of carbonyl (C=O) groups is 4. The molecule has 14 atom stereocenters. The number of ketones is 2. The fourth-order valence-corrected chi connectivity index (χ4v) is 9.86. The summed E-state index contributed by atoms with van der Waals surface area (Å²) in [7, 11) is 3.62. The molecule has 4 aliphatic heterocycles. The van der Waals surface area contributed by atoms with Gasteiger partial charge in [0.2, 0.25) is 0 Å². The van der Waals surface area contributed by atoms with Crippen LogP contribution in [-0.2, 0) is 42.9 Å². The Morgan fingerprint density at radius 1 is 1.08 bits per heavy atom. The highest BCUT2D eigenvalue weighted by molar-refractivity contribution is 6.08. The van der Waals surface area contributed by atoms with E-state index in [9.17, 15) is 24.3 Å². The molecule has 0 bridgehead atoms. The third-order valence-corrected chi connectivity index (χ3v) is 12.9. The number of carbonyl (C=O) groups excluding carboxylic acids is 4. The van der Waals surface area contributed by atoms with Crippen LogP contribution in [0, 0.1) is 35.0 Å². The van der Waals surface area contributed by atoms with Gasteiger partial charge >= 0.3 is 11.9 Å². The fourth-order valence-electron chi connectivity index (χ4n) is 9.86. The van der Waals surface area contributed by atoms with Crippen molar-refractivity contribution in [1.29, 1.82) is 0 Å². The van der Waals surface area contributed by atoms with Crippen molar-refractivity contribution in [3.63, 3.8) is 0 Å². The number of pyridine rings is 1. The van der Waals surface area contributed by atoms with Gasteiger partial charge in [-0.25, -0.2) is 9.18 Å². The van der Waals surface area contributed by atoms with E-state index in [1.807, 2.05) is 32.0 Å². The van der Waals surface area contributed by atoms with Crippen molar-refractivity contribution in [1.82, 2.24) is 20.4 Å². The van der Waals surface area contributed by atoms with Gasteiger partial charge in [0.25, 0.3) is 5.67 Å². The molecular formula is C43H57FN4O11. The van der Waals surface area contributed by atoms with E-state index in [1.165, 1.54) is 6.92 Å². The van der Waals surface area contributed by atoms with E-state index in [2.05, 4.69) is 27.3 Å². The molecule has 0 aromatic carbocycles. The van der Waals surface area contributed by atoms with E-state index >= 15 is 4.39 Å². The topological polar surface area (TPSA) is 189 Å². The van der Waals surface area contributed by atoms with E-state index in [0.717, 1.165) is 6.92 Å². The van der Waals surface area contributed by atoms with E-state index in [1.54, 1.807) is 59.0 Å². The van der Waals surface area contributed by atoms with Gasteiger partial charge in [-0.05, 0) is 79.1 Å². The average Bonchev–Trinajstić information content (AvgIpc) is 3.89. The van der Waals surface area contributed by atoms with Crippen LogP contribution in [0.15, 0.2) is 35.0 Å². The Labute approximate surface area is 344 Å². The van der Waals surface area contributed by atoms with Crippen molar-refractivity contribution >= 4 is 23.5 Å². The van der Waals surface area contributed by atoms with Gasteiger partial charge in [-0.15, -0.1) is 0 Å². The third-order valence-electron chi connectivity index (χ3n) is 12.9. The number of Topliss-reactive ketones (excluding diaryl/α,β-unsaturated/α-hetero) is 2. The molecule has 59 heavy (non-hydrogen) atoms. The summed E-state index contributed by atoms with van der Waals surface area (Å²) in [5.74, 6) is -0.399. The monoisotopic (exact) mass is 824 g/mol. The minimum absolute atomic E-state index is 0.0950. The van der Waals surface area contributed by atoms with Crippen molar-refractivity contribution in [2.45, 2.75) is 134 Å². The lowest BCUT2D eigenvalue weighted by Gasteiger charge is -2.48. The Morgan fingerprint density at radius 2 is 1.81 bits per heavy atom. The lowest BCUT2D eigenvalue weighted by atomic mass is 9.62. The second-order valence-corrected chi connectivity index (χ2v) is 17.6. The first kappa shape index (κ1) is 44.4. The number of aliphatic hydroxyl groups excluding tert-OH is 1. The highest BCUT2D eigenvalue weighted by Gasteiger charge is 2.69. The number of halogens is 1. The Morgan fingerprint density at radius 3 is 2.47 bits per heavy atom. The van der Waals surface area contributed by atoms with Crippen LogP contribution in [0.1, 0.15) is 80.3 Å². The minimum atomic E-state index is -3.22. The van der Waals surface area contributed by atoms with Crippen LogP contribution in [-0.4, -0.2) is 131 Å². The molecule has 0 saturated carbocycles. The summed E-state index contributed by atoms with van der Waals surface area (Å²) in [5.41, 5.74) is -6.78. The molecule has 2 aromatic rings. The molecular weight excluding hydrogens is 767 g/mol. The summed E-state index contributed by atoms with van der Waals surface area (Å²) in [6.45, 7) is 12.3. The quantitative estimate of drug-likeness (QED) is 0.235. The molecule has 4 saturated heterocycles. The maximum atomic E-state index is 17.0. The third kappa shape index (κ3) is 8.22. The lowest BCUT2D eigenvalue weighted by Crippen LogP contribution is -2.61. The molecule has 0 radical (unpaired) electrons. The maximum Gasteiger partial charge on any atom is 0.351 e. The molecule has 322 valence electrons. The molecule has 0 aliphatic carbocycles. The second kappa shape index (κ2) is 16.7. The first-order valence-corrected chi connectivity index (χ1v) is 20.3. The van der Waals surface area contributed by atoms with E-state index < -0.39 is 101 Å². The molecule has 2 N–H and O–H groups in total. The smallest absolute Gasteiger partial charge is 0.351 e. The average molecular weight is 825 g/mol. The van der Waals surface area contributed by atoms with Gasteiger partial charge in [0.1, 0.15) is 36.3 Å². The molecule has 6 heterocycles. The predicted octanol–water partition coefficient (Wildman–Crippen LogP) is 3.45. The molecule has 4 fully saturated rings. The number of hydrogen-bond acceptors (Lipinski definition) is 15. The normalized spacial score (nSPS) is 40.5. The number of hydrogen-bond donors (Lipinski definition) is 2. The minimum Gasteiger partial charge on any atom is -0.455 e. The van der Waals surface area contributed by atoms with Crippen LogP contribution in [0.2, 0.25) is 0 Å². The molecule has 4 aliphatic rings. The summed E-state index contributed by atoms with van der Waals surface area (Å²) in [5, 5.41) is 18.8. The van der Waals surface area contributed by atoms with Gasteiger partial charge in [0.05, 0.1) is 17.8 Å². The molecule has 16 heteroatoms. The Bertz CT molecular complexity index is 1970. The number of nitrogens with one attached hydrogen (secondary N) is 1. The van der Waals surface area contributed by atoms with Crippen molar-refractivity contribution < 1.29 is 56.9 Å². The predicted molar refractivity (Wildman–Crippen MR) is 209 cm³/mol. The Kier molecular flexibility index (Phi) is 12.6. The summed E-state index contributed by atoms with van der Waals surface area (Å²) in [4.78, 5) is 62.8. The summed E-state index contributed by atoms with van der Waals surface area (Å²) in [6.07, 6.45) is -3.47. The zero-order valence-corrected chi connectivity index (χ0v) is 35.4. The molecule has 15 nitrogen and oxygen atoms in total. The van der Waals surface area contributed by atoms with Gasteiger partial charge in [-0.2, -0.15) is 0 Å². The van der Waals surface area contributed by atoms with E-state index in [0.29, 0.717) is 17.9 Å². The number of rotatable bonds is 7. The Balaban J connectivity index is 1.43. The first-order chi connectivity index (χ1) is 27.7. The van der Waals surface area contributed by atoms with Crippen LogP contribution in [0.5, 0.6) is 0 Å². The lowest BCUT2D eigenvalue weighted by molar-refractivity contribution is -0.296. The molecule has 3 unspecified atom stereocenters. The zero-order valence-electron chi connectivity index (χ0n) is 35.4. The SMILES string of the molecule is CC[C@@H]1OC(=O)[C@@](C)(F)C(=O)[C@H](C)[C@@H](O[C@@H]2O[C@H](C)C[C@H](N(C)C)[C@H]2O)[C@@](C)(OCC#Cc2cc(-c3ccccn3)on2)C[C@@H](C)C(=O)C2(C)CNC3C(=O)O[C@@]1(C)C32. The van der Waals surface area contributed by atoms with Crippen LogP contribution >= 0.6 is 0 Å². The number of cyclic esters (lactones) is 1. The number of aromatic nitrogens is 2.